The van der Waals surface area contributed by atoms with Gasteiger partial charge in [-0.05, 0) is 33.1 Å². The summed E-state index contributed by atoms with van der Waals surface area (Å²) in [4.78, 5) is 2.50. The van der Waals surface area contributed by atoms with Crippen molar-refractivity contribution < 1.29 is 9.47 Å². The molecule has 0 radical (unpaired) electrons. The second-order valence-electron chi connectivity index (χ2n) is 5.90. The Hall–Kier alpha value is -0.160. The molecule has 0 bridgehead atoms. The lowest BCUT2D eigenvalue weighted by atomic mass is 10.0. The lowest BCUT2D eigenvalue weighted by Gasteiger charge is -2.36. The first kappa shape index (κ1) is 14.3. The highest BCUT2D eigenvalue weighted by Crippen LogP contribution is 2.16. The van der Waals surface area contributed by atoms with E-state index in [0.29, 0.717) is 24.1 Å². The molecule has 18 heavy (non-hydrogen) atoms. The van der Waals surface area contributed by atoms with E-state index in [9.17, 15) is 0 Å². The van der Waals surface area contributed by atoms with E-state index in [1.54, 1.807) is 0 Å². The van der Waals surface area contributed by atoms with Crippen LogP contribution in [0.25, 0.3) is 0 Å². The van der Waals surface area contributed by atoms with E-state index in [0.717, 1.165) is 39.5 Å². The van der Waals surface area contributed by atoms with Crippen molar-refractivity contribution in [1.29, 1.82) is 0 Å². The number of hydrogen-bond donors (Lipinski definition) is 1. The van der Waals surface area contributed by atoms with Crippen molar-refractivity contribution in [1.82, 2.24) is 10.2 Å². The van der Waals surface area contributed by atoms with Crippen LogP contribution in [0.1, 0.15) is 27.2 Å². The maximum atomic E-state index is 5.84. The van der Waals surface area contributed by atoms with Crippen LogP contribution in [0, 0.1) is 5.92 Å². The Morgan fingerprint density at radius 3 is 2.78 bits per heavy atom. The Morgan fingerprint density at radius 1 is 1.28 bits per heavy atom. The zero-order valence-electron chi connectivity index (χ0n) is 12.0. The van der Waals surface area contributed by atoms with Gasteiger partial charge in [0.2, 0.25) is 0 Å². The molecule has 0 spiro atoms. The van der Waals surface area contributed by atoms with Gasteiger partial charge in [0.1, 0.15) is 0 Å². The van der Waals surface area contributed by atoms with Crippen molar-refractivity contribution in [2.45, 2.75) is 45.4 Å². The summed E-state index contributed by atoms with van der Waals surface area (Å²) in [6, 6.07) is 1.16. The monoisotopic (exact) mass is 256 g/mol. The highest BCUT2D eigenvalue weighted by molar-refractivity contribution is 4.80. The van der Waals surface area contributed by atoms with Crippen LogP contribution in [0.3, 0.4) is 0 Å². The molecule has 0 amide bonds. The minimum Gasteiger partial charge on any atom is -0.381 e. The molecule has 2 heterocycles. The van der Waals surface area contributed by atoms with Crippen LogP contribution < -0.4 is 5.32 Å². The third kappa shape index (κ3) is 3.92. The van der Waals surface area contributed by atoms with Crippen molar-refractivity contribution in [2.24, 2.45) is 5.92 Å². The number of nitrogens with one attached hydrogen (secondary N) is 1. The molecule has 0 aromatic rings. The van der Waals surface area contributed by atoms with Gasteiger partial charge in [-0.15, -0.1) is 0 Å². The van der Waals surface area contributed by atoms with Crippen LogP contribution in [0.5, 0.6) is 0 Å². The maximum Gasteiger partial charge on any atom is 0.0826 e. The molecule has 0 aromatic carbocycles. The number of morpholine rings is 1. The molecular weight excluding hydrogens is 228 g/mol. The third-order valence-electron chi connectivity index (χ3n) is 4.24. The maximum absolute atomic E-state index is 5.84. The van der Waals surface area contributed by atoms with Crippen molar-refractivity contribution in [2.75, 3.05) is 39.5 Å². The molecule has 0 saturated carbocycles. The zero-order valence-corrected chi connectivity index (χ0v) is 12.0. The fraction of sp³-hybridized carbons (Fsp3) is 1.00. The fourth-order valence-electron chi connectivity index (χ4n) is 2.77. The summed E-state index contributed by atoms with van der Waals surface area (Å²) in [6.45, 7) is 12.6. The number of nitrogens with zero attached hydrogens (tertiary/aromatic N) is 1. The molecular formula is C14H28N2O2. The third-order valence-corrected chi connectivity index (χ3v) is 4.24. The molecule has 2 aliphatic rings. The molecule has 0 aliphatic carbocycles. The van der Waals surface area contributed by atoms with Gasteiger partial charge in [0, 0.05) is 38.3 Å². The van der Waals surface area contributed by atoms with Crippen LogP contribution in [0.2, 0.25) is 0 Å². The van der Waals surface area contributed by atoms with Gasteiger partial charge in [-0.3, -0.25) is 4.90 Å². The van der Waals surface area contributed by atoms with Gasteiger partial charge in [0.25, 0.3) is 0 Å². The zero-order chi connectivity index (χ0) is 13.0. The Bertz CT molecular complexity index is 242. The first-order valence-corrected chi connectivity index (χ1v) is 7.33. The molecule has 2 rings (SSSR count). The first-order valence-electron chi connectivity index (χ1n) is 7.33. The van der Waals surface area contributed by atoms with Crippen LogP contribution >= 0.6 is 0 Å². The second-order valence-corrected chi connectivity index (χ2v) is 5.90. The summed E-state index contributed by atoms with van der Waals surface area (Å²) in [5.41, 5.74) is 0. The second kappa shape index (κ2) is 6.85. The van der Waals surface area contributed by atoms with Gasteiger partial charge in [0.05, 0.1) is 19.3 Å². The van der Waals surface area contributed by atoms with Crippen molar-refractivity contribution in [3.05, 3.63) is 0 Å². The molecule has 2 aliphatic heterocycles. The number of hydrogen-bond acceptors (Lipinski definition) is 4. The SMILES string of the molecule is CC(NCC1CN(C(C)C)CCO1)C1CCOC1. The summed E-state index contributed by atoms with van der Waals surface area (Å²) >= 11 is 0. The highest BCUT2D eigenvalue weighted by atomic mass is 16.5. The summed E-state index contributed by atoms with van der Waals surface area (Å²) in [7, 11) is 0. The Kier molecular flexibility index (Phi) is 5.42. The number of rotatable bonds is 5. The van der Waals surface area contributed by atoms with Crippen molar-refractivity contribution in [3.63, 3.8) is 0 Å². The van der Waals surface area contributed by atoms with E-state index in [1.807, 2.05) is 0 Å². The van der Waals surface area contributed by atoms with E-state index in [1.165, 1.54) is 6.42 Å². The largest absolute Gasteiger partial charge is 0.381 e. The van der Waals surface area contributed by atoms with Gasteiger partial charge in [-0.1, -0.05) is 0 Å². The molecule has 106 valence electrons. The Labute approximate surface area is 111 Å². The van der Waals surface area contributed by atoms with E-state index in [2.05, 4.69) is 31.0 Å². The normalized spacial score (nSPS) is 32.0. The fourth-order valence-corrected chi connectivity index (χ4v) is 2.77. The molecule has 1 N–H and O–H groups in total. The molecule has 4 nitrogen and oxygen atoms in total. The molecule has 4 heteroatoms. The number of ether oxygens (including phenoxy) is 2. The van der Waals surface area contributed by atoms with Crippen LogP contribution in [-0.2, 0) is 9.47 Å². The smallest absolute Gasteiger partial charge is 0.0826 e. The van der Waals surface area contributed by atoms with Crippen LogP contribution in [0.15, 0.2) is 0 Å². The Morgan fingerprint density at radius 2 is 2.11 bits per heavy atom. The van der Waals surface area contributed by atoms with Crippen LogP contribution in [0.4, 0.5) is 0 Å². The average Bonchev–Trinajstić information content (AvgIpc) is 2.90. The summed E-state index contributed by atoms with van der Waals surface area (Å²) < 4.78 is 11.3. The topological polar surface area (TPSA) is 33.7 Å². The lowest BCUT2D eigenvalue weighted by Crippen LogP contribution is -2.50. The van der Waals surface area contributed by atoms with Gasteiger partial charge < -0.3 is 14.8 Å². The average molecular weight is 256 g/mol. The van der Waals surface area contributed by atoms with Crippen molar-refractivity contribution in [3.8, 4) is 0 Å². The van der Waals surface area contributed by atoms with Crippen LogP contribution in [-0.4, -0.2) is 62.5 Å². The molecule has 3 atom stereocenters. The van der Waals surface area contributed by atoms with Gasteiger partial charge in [-0.2, -0.15) is 0 Å². The quantitative estimate of drug-likeness (QED) is 0.799. The van der Waals surface area contributed by atoms with Crippen molar-refractivity contribution >= 4 is 0 Å². The minimum absolute atomic E-state index is 0.339. The first-order chi connectivity index (χ1) is 8.66. The highest BCUT2D eigenvalue weighted by Gasteiger charge is 2.25. The summed E-state index contributed by atoms with van der Waals surface area (Å²) in [6.07, 6.45) is 1.53. The minimum atomic E-state index is 0.339. The molecule has 0 aromatic heterocycles. The predicted octanol–water partition coefficient (Wildman–Crippen LogP) is 1.11. The summed E-state index contributed by atoms with van der Waals surface area (Å²) in [5, 5.41) is 3.62. The van der Waals surface area contributed by atoms with E-state index in [-0.39, 0.29) is 0 Å². The van der Waals surface area contributed by atoms with Gasteiger partial charge in [-0.25, -0.2) is 0 Å². The van der Waals surface area contributed by atoms with E-state index in [4.69, 9.17) is 9.47 Å². The molecule has 2 saturated heterocycles. The Balaban J connectivity index is 1.69. The summed E-state index contributed by atoms with van der Waals surface area (Å²) in [5.74, 6) is 0.676. The predicted molar refractivity (Wildman–Crippen MR) is 72.8 cm³/mol. The van der Waals surface area contributed by atoms with E-state index < -0.39 is 0 Å². The molecule has 3 unspecified atom stereocenters. The standard InChI is InChI=1S/C14H28N2O2/c1-11(2)16-5-7-18-14(9-16)8-15-12(3)13-4-6-17-10-13/h11-15H,4-10H2,1-3H3. The van der Waals surface area contributed by atoms with E-state index >= 15 is 0 Å². The van der Waals surface area contributed by atoms with Gasteiger partial charge >= 0.3 is 0 Å². The van der Waals surface area contributed by atoms with Gasteiger partial charge in [0.15, 0.2) is 0 Å². The lowest BCUT2D eigenvalue weighted by molar-refractivity contribution is -0.0385. The molecule has 2 fully saturated rings.